The summed E-state index contributed by atoms with van der Waals surface area (Å²) in [5.74, 6) is 0.637. The molecular weight excluding hydrogens is 440 g/mol. The predicted octanol–water partition coefficient (Wildman–Crippen LogP) is 6.80. The zero-order valence-electron chi connectivity index (χ0n) is 21.3. The number of thiazole rings is 1. The Morgan fingerprint density at radius 2 is 1.91 bits per heavy atom. The minimum atomic E-state index is -0.0435. The van der Waals surface area contributed by atoms with Gasteiger partial charge in [0.1, 0.15) is 0 Å². The number of nitrogens with one attached hydrogen (secondary N) is 1. The van der Waals surface area contributed by atoms with Crippen molar-refractivity contribution in [3.8, 4) is 10.4 Å². The molecule has 2 aromatic rings. The molecule has 2 saturated carbocycles. The molecule has 3 aliphatic rings. The van der Waals surface area contributed by atoms with Crippen LogP contribution in [-0.2, 0) is 22.0 Å². The number of benzene rings is 1. The van der Waals surface area contributed by atoms with Gasteiger partial charge in [-0.15, -0.1) is 11.3 Å². The van der Waals surface area contributed by atoms with Crippen LogP contribution in [0.25, 0.3) is 10.4 Å². The molecule has 184 valence electrons. The minimum Gasteiger partial charge on any atom is -0.379 e. The third kappa shape index (κ3) is 5.26. The smallest absolute Gasteiger partial charge is 0.280 e. The van der Waals surface area contributed by atoms with Crippen molar-refractivity contribution in [1.82, 2.24) is 10.3 Å². The van der Waals surface area contributed by atoms with Gasteiger partial charge in [-0.05, 0) is 71.3 Å². The van der Waals surface area contributed by atoms with Crippen molar-refractivity contribution in [2.75, 3.05) is 13.2 Å². The first-order chi connectivity index (χ1) is 16.2. The molecule has 0 spiro atoms. The molecule has 1 amide bonds. The summed E-state index contributed by atoms with van der Waals surface area (Å²) < 4.78 is 5.46. The van der Waals surface area contributed by atoms with Gasteiger partial charge in [-0.3, -0.25) is 4.79 Å². The summed E-state index contributed by atoms with van der Waals surface area (Å²) in [4.78, 5) is 19.3. The zero-order chi connectivity index (χ0) is 23.9. The molecule has 2 aliphatic carbocycles. The lowest BCUT2D eigenvalue weighted by atomic mass is 9.82. The van der Waals surface area contributed by atoms with E-state index in [1.807, 2.05) is 0 Å². The van der Waals surface area contributed by atoms with E-state index in [2.05, 4.69) is 51.2 Å². The Labute approximate surface area is 208 Å². The van der Waals surface area contributed by atoms with Gasteiger partial charge in [-0.25, -0.2) is 4.98 Å². The van der Waals surface area contributed by atoms with E-state index in [-0.39, 0.29) is 17.4 Å². The SMILES string of the molecule is CC(C)(C)c1cc(-c2sc(C(=O)NC3CCOC3)nc2CC2CCCCC2)cc(C2(C)CC2)c1. The van der Waals surface area contributed by atoms with Gasteiger partial charge in [0.15, 0.2) is 5.01 Å². The van der Waals surface area contributed by atoms with Gasteiger partial charge in [0.2, 0.25) is 0 Å². The number of ether oxygens (including phenoxy) is 1. The fourth-order valence-electron chi connectivity index (χ4n) is 5.39. The monoisotopic (exact) mass is 480 g/mol. The Morgan fingerprint density at radius 3 is 2.56 bits per heavy atom. The molecule has 1 aromatic carbocycles. The number of hydrogen-bond donors (Lipinski definition) is 1. The third-order valence-corrected chi connectivity index (χ3v) is 9.27. The Hall–Kier alpha value is -1.72. The second-order valence-electron chi connectivity index (χ2n) is 12.1. The average Bonchev–Trinajstić information content (AvgIpc) is 3.19. The first-order valence-electron chi connectivity index (χ1n) is 13.3. The first kappa shape index (κ1) is 24.0. The molecule has 1 N–H and O–H groups in total. The van der Waals surface area contributed by atoms with Crippen LogP contribution in [0.4, 0.5) is 0 Å². The van der Waals surface area contributed by atoms with Crippen molar-refractivity contribution in [2.45, 2.75) is 102 Å². The van der Waals surface area contributed by atoms with Gasteiger partial charge in [0.25, 0.3) is 5.91 Å². The molecule has 5 rings (SSSR count). The molecule has 1 aliphatic heterocycles. The third-order valence-electron chi connectivity index (χ3n) is 8.12. The molecule has 2 heterocycles. The first-order valence-corrected chi connectivity index (χ1v) is 14.1. The van der Waals surface area contributed by atoms with Crippen LogP contribution in [0.15, 0.2) is 18.2 Å². The van der Waals surface area contributed by atoms with Gasteiger partial charge in [0.05, 0.1) is 23.2 Å². The van der Waals surface area contributed by atoms with Crippen LogP contribution in [-0.4, -0.2) is 30.1 Å². The highest BCUT2D eigenvalue weighted by Gasteiger charge is 2.40. The number of carbonyl (C=O) groups excluding carboxylic acids is 1. The van der Waals surface area contributed by atoms with Crippen molar-refractivity contribution < 1.29 is 9.53 Å². The molecule has 5 heteroatoms. The highest BCUT2D eigenvalue weighted by Crippen LogP contribution is 2.50. The Kier molecular flexibility index (Phi) is 6.62. The van der Waals surface area contributed by atoms with E-state index in [1.54, 1.807) is 11.3 Å². The summed E-state index contributed by atoms with van der Waals surface area (Å²) in [5.41, 5.74) is 5.57. The zero-order valence-corrected chi connectivity index (χ0v) is 22.2. The van der Waals surface area contributed by atoms with Gasteiger partial charge < -0.3 is 10.1 Å². The van der Waals surface area contributed by atoms with Crippen molar-refractivity contribution in [2.24, 2.45) is 5.92 Å². The Bertz CT molecular complexity index is 1010. The van der Waals surface area contributed by atoms with Crippen LogP contribution in [0, 0.1) is 5.92 Å². The van der Waals surface area contributed by atoms with Crippen molar-refractivity contribution in [3.05, 3.63) is 40.0 Å². The summed E-state index contributed by atoms with van der Waals surface area (Å²) in [6, 6.07) is 7.28. The molecule has 1 unspecified atom stereocenters. The quantitative estimate of drug-likeness (QED) is 0.495. The normalized spacial score (nSPS) is 22.6. The van der Waals surface area contributed by atoms with Crippen LogP contribution in [0.1, 0.15) is 106 Å². The molecule has 4 nitrogen and oxygen atoms in total. The van der Waals surface area contributed by atoms with Crippen LogP contribution in [0.2, 0.25) is 0 Å². The van der Waals surface area contributed by atoms with E-state index in [0.717, 1.165) is 25.1 Å². The maximum atomic E-state index is 13.1. The van der Waals surface area contributed by atoms with Crippen LogP contribution in [0.5, 0.6) is 0 Å². The highest BCUT2D eigenvalue weighted by atomic mass is 32.1. The standard InChI is InChI=1S/C29H40N2O2S/c1-28(2,3)21-15-20(16-22(17-21)29(4)11-12-29)25-24(14-19-8-6-5-7-9-19)31-27(34-25)26(32)30-23-10-13-33-18-23/h15-17,19,23H,5-14,18H2,1-4H3,(H,30,32). The lowest BCUT2D eigenvalue weighted by Gasteiger charge is -2.24. The molecule has 0 radical (unpaired) electrons. The molecule has 34 heavy (non-hydrogen) atoms. The largest absolute Gasteiger partial charge is 0.379 e. The lowest BCUT2D eigenvalue weighted by Crippen LogP contribution is -2.34. The number of amides is 1. The lowest BCUT2D eigenvalue weighted by molar-refractivity contribution is 0.0929. The average molecular weight is 481 g/mol. The van der Waals surface area contributed by atoms with Crippen LogP contribution >= 0.6 is 11.3 Å². The summed E-state index contributed by atoms with van der Waals surface area (Å²) in [7, 11) is 0. The van der Waals surface area contributed by atoms with Crippen LogP contribution < -0.4 is 5.32 Å². The van der Waals surface area contributed by atoms with E-state index in [0.29, 0.717) is 22.9 Å². The van der Waals surface area contributed by atoms with Gasteiger partial charge in [0, 0.05) is 6.61 Å². The van der Waals surface area contributed by atoms with Crippen molar-refractivity contribution >= 4 is 17.2 Å². The number of aromatic nitrogens is 1. The van der Waals surface area contributed by atoms with E-state index < -0.39 is 0 Å². The van der Waals surface area contributed by atoms with E-state index in [9.17, 15) is 4.79 Å². The topological polar surface area (TPSA) is 51.2 Å². The second kappa shape index (κ2) is 9.39. The number of carbonyl (C=O) groups is 1. The fourth-order valence-corrected chi connectivity index (χ4v) is 6.37. The molecule has 0 bridgehead atoms. The van der Waals surface area contributed by atoms with Gasteiger partial charge >= 0.3 is 0 Å². The Morgan fingerprint density at radius 1 is 1.15 bits per heavy atom. The summed E-state index contributed by atoms with van der Waals surface area (Å²) >= 11 is 1.59. The minimum absolute atomic E-state index is 0.0435. The van der Waals surface area contributed by atoms with E-state index >= 15 is 0 Å². The molecule has 3 fully saturated rings. The van der Waals surface area contributed by atoms with Crippen LogP contribution in [0.3, 0.4) is 0 Å². The summed E-state index contributed by atoms with van der Waals surface area (Å²) in [5, 5.41) is 3.76. The number of nitrogens with zero attached hydrogens (tertiary/aromatic N) is 1. The summed E-state index contributed by atoms with van der Waals surface area (Å²) in [6.07, 6.45) is 10.9. The maximum Gasteiger partial charge on any atom is 0.280 e. The molecule has 1 atom stereocenters. The molecular formula is C29H40N2O2S. The molecule has 1 aromatic heterocycles. The number of rotatable bonds is 6. The second-order valence-corrected chi connectivity index (χ2v) is 13.1. The summed E-state index contributed by atoms with van der Waals surface area (Å²) in [6.45, 7) is 10.6. The van der Waals surface area contributed by atoms with E-state index in [1.165, 1.54) is 66.5 Å². The van der Waals surface area contributed by atoms with Crippen molar-refractivity contribution in [1.29, 1.82) is 0 Å². The van der Waals surface area contributed by atoms with E-state index in [4.69, 9.17) is 9.72 Å². The maximum absolute atomic E-state index is 13.1. The van der Waals surface area contributed by atoms with Gasteiger partial charge in [-0.2, -0.15) is 0 Å². The predicted molar refractivity (Wildman–Crippen MR) is 140 cm³/mol. The number of hydrogen-bond acceptors (Lipinski definition) is 4. The Balaban J connectivity index is 1.53. The highest BCUT2D eigenvalue weighted by molar-refractivity contribution is 7.17. The molecule has 1 saturated heterocycles. The fraction of sp³-hybridized carbons (Fsp3) is 0.655. The van der Waals surface area contributed by atoms with Crippen molar-refractivity contribution in [3.63, 3.8) is 0 Å². The van der Waals surface area contributed by atoms with Gasteiger partial charge in [-0.1, -0.05) is 65.9 Å².